The summed E-state index contributed by atoms with van der Waals surface area (Å²) in [6, 6.07) is 5.34. The van der Waals surface area contributed by atoms with Gasteiger partial charge >= 0.3 is 0 Å². The molecule has 3 nitrogen and oxygen atoms in total. The van der Waals surface area contributed by atoms with Gasteiger partial charge in [0.1, 0.15) is 5.75 Å². The second-order valence-electron chi connectivity index (χ2n) is 5.01. The minimum Gasteiger partial charge on any atom is -0.353 e. The van der Waals surface area contributed by atoms with Crippen LogP contribution in [0.15, 0.2) is 18.2 Å². The summed E-state index contributed by atoms with van der Waals surface area (Å²) in [7, 11) is -1.26. The summed E-state index contributed by atoms with van der Waals surface area (Å²) in [6.45, 7) is 0. The summed E-state index contributed by atoms with van der Waals surface area (Å²) in [4.78, 5) is 11.8. The molecule has 1 N–H and O–H groups in total. The van der Waals surface area contributed by atoms with Crippen molar-refractivity contribution in [3.8, 4) is 0 Å². The van der Waals surface area contributed by atoms with Crippen molar-refractivity contribution in [1.82, 2.24) is 5.32 Å². The Morgan fingerprint density at radius 1 is 1.30 bits per heavy atom. The van der Waals surface area contributed by atoms with Crippen LogP contribution in [-0.4, -0.2) is 21.9 Å². The number of benzene rings is 1. The van der Waals surface area contributed by atoms with Crippen LogP contribution in [0, 0.1) is 0 Å². The molecule has 0 saturated heterocycles. The van der Waals surface area contributed by atoms with Gasteiger partial charge in [0.15, 0.2) is 0 Å². The van der Waals surface area contributed by atoms with Crippen LogP contribution in [0.2, 0.25) is 10.0 Å². The van der Waals surface area contributed by atoms with Gasteiger partial charge in [-0.2, -0.15) is 0 Å². The third-order valence-electron chi connectivity index (χ3n) is 3.34. The number of halogens is 2. The highest BCUT2D eigenvalue weighted by Gasteiger charge is 2.18. The second kappa shape index (κ2) is 7.43. The largest absolute Gasteiger partial charge is 0.353 e. The van der Waals surface area contributed by atoms with E-state index < -0.39 is 10.8 Å². The van der Waals surface area contributed by atoms with Crippen molar-refractivity contribution < 1.29 is 9.00 Å². The average Bonchev–Trinajstić information content (AvgIpc) is 2.85. The molecule has 0 aromatic heterocycles. The van der Waals surface area contributed by atoms with Crippen LogP contribution in [0.4, 0.5) is 0 Å². The second-order valence-corrected chi connectivity index (χ2v) is 7.31. The van der Waals surface area contributed by atoms with E-state index in [-0.39, 0.29) is 23.5 Å². The van der Waals surface area contributed by atoms with Crippen molar-refractivity contribution in [1.29, 1.82) is 0 Å². The molecule has 0 radical (unpaired) electrons. The first kappa shape index (κ1) is 15.8. The maximum Gasteiger partial charge on any atom is 0.232 e. The Labute approximate surface area is 131 Å². The zero-order chi connectivity index (χ0) is 14.5. The minimum absolute atomic E-state index is 0.0233. The molecule has 2 rings (SSSR count). The molecule has 1 aliphatic rings. The highest BCUT2D eigenvalue weighted by Crippen LogP contribution is 2.22. The number of amides is 1. The molecule has 1 amide bonds. The van der Waals surface area contributed by atoms with Gasteiger partial charge in [-0.1, -0.05) is 42.1 Å². The van der Waals surface area contributed by atoms with Gasteiger partial charge in [-0.3, -0.25) is 9.00 Å². The molecule has 1 atom stereocenters. The summed E-state index contributed by atoms with van der Waals surface area (Å²) in [6.07, 6.45) is 4.38. The third-order valence-corrected chi connectivity index (χ3v) is 5.15. The zero-order valence-electron chi connectivity index (χ0n) is 11.0. The van der Waals surface area contributed by atoms with E-state index in [1.807, 2.05) is 0 Å². The fourth-order valence-electron chi connectivity index (χ4n) is 2.35. The summed E-state index contributed by atoms with van der Waals surface area (Å²) < 4.78 is 12.0. The van der Waals surface area contributed by atoms with E-state index in [2.05, 4.69) is 5.32 Å². The van der Waals surface area contributed by atoms with Crippen molar-refractivity contribution in [2.75, 3.05) is 5.75 Å². The molecule has 1 aliphatic carbocycles. The van der Waals surface area contributed by atoms with E-state index in [1.54, 1.807) is 18.2 Å². The van der Waals surface area contributed by atoms with Gasteiger partial charge in [-0.05, 0) is 30.5 Å². The van der Waals surface area contributed by atoms with Crippen LogP contribution in [0.25, 0.3) is 0 Å². The first-order valence-electron chi connectivity index (χ1n) is 6.63. The van der Waals surface area contributed by atoms with Crippen molar-refractivity contribution in [3.63, 3.8) is 0 Å². The highest BCUT2D eigenvalue weighted by molar-refractivity contribution is 7.84. The van der Waals surface area contributed by atoms with E-state index in [4.69, 9.17) is 23.2 Å². The molecule has 110 valence electrons. The molecule has 0 aliphatic heterocycles. The maximum absolute atomic E-state index is 12.0. The van der Waals surface area contributed by atoms with Gasteiger partial charge < -0.3 is 5.32 Å². The van der Waals surface area contributed by atoms with Crippen LogP contribution < -0.4 is 5.32 Å². The Kier molecular flexibility index (Phi) is 5.87. The molecule has 6 heteroatoms. The van der Waals surface area contributed by atoms with Crippen LogP contribution >= 0.6 is 23.2 Å². The molecular weight excluding hydrogens is 317 g/mol. The molecule has 1 saturated carbocycles. The number of hydrogen-bond acceptors (Lipinski definition) is 2. The number of nitrogens with one attached hydrogen (secondary N) is 1. The van der Waals surface area contributed by atoms with Crippen LogP contribution in [-0.2, 0) is 21.3 Å². The van der Waals surface area contributed by atoms with E-state index in [0.29, 0.717) is 10.0 Å². The highest BCUT2D eigenvalue weighted by atomic mass is 35.5. The van der Waals surface area contributed by atoms with Gasteiger partial charge in [-0.25, -0.2) is 0 Å². The Bertz CT molecular complexity index is 516. The molecule has 20 heavy (non-hydrogen) atoms. The van der Waals surface area contributed by atoms with Crippen molar-refractivity contribution >= 4 is 39.9 Å². The maximum atomic E-state index is 12.0. The predicted octanol–water partition coefficient (Wildman–Crippen LogP) is 3.30. The predicted molar refractivity (Wildman–Crippen MR) is 83.6 cm³/mol. The molecule has 0 heterocycles. The fourth-order valence-corrected chi connectivity index (χ4v) is 3.98. The molecule has 0 spiro atoms. The molecule has 1 aromatic rings. The van der Waals surface area contributed by atoms with E-state index in [1.165, 1.54) is 0 Å². The lowest BCUT2D eigenvalue weighted by Crippen LogP contribution is -2.35. The topological polar surface area (TPSA) is 46.2 Å². The SMILES string of the molecule is O=C(CS(=O)Cc1ccc(Cl)cc1Cl)NC1CCCC1. The van der Waals surface area contributed by atoms with Gasteiger partial charge in [-0.15, -0.1) is 0 Å². The summed E-state index contributed by atoms with van der Waals surface area (Å²) in [5, 5.41) is 3.97. The first-order chi connectivity index (χ1) is 9.54. The number of carbonyl (C=O) groups excluding carboxylic acids is 1. The Balaban J connectivity index is 1.83. The zero-order valence-corrected chi connectivity index (χ0v) is 13.4. The molecule has 1 aromatic carbocycles. The van der Waals surface area contributed by atoms with Gasteiger partial charge in [0.25, 0.3) is 0 Å². The summed E-state index contributed by atoms with van der Waals surface area (Å²) in [5.41, 5.74) is 0.753. The Hall–Kier alpha value is -0.580. The van der Waals surface area contributed by atoms with Crippen LogP contribution in [0.1, 0.15) is 31.2 Å². The standard InChI is InChI=1S/C14H17Cl2NO2S/c15-11-6-5-10(13(16)7-11)8-20(19)9-14(18)17-12-3-1-2-4-12/h5-7,12H,1-4,8-9H2,(H,17,18). The number of carbonyl (C=O) groups is 1. The lowest BCUT2D eigenvalue weighted by molar-refractivity contribution is -0.119. The Morgan fingerprint density at radius 2 is 2.00 bits per heavy atom. The average molecular weight is 334 g/mol. The van der Waals surface area contributed by atoms with Gasteiger partial charge in [0.05, 0.1) is 5.75 Å². The van der Waals surface area contributed by atoms with Crippen LogP contribution in [0.5, 0.6) is 0 Å². The van der Waals surface area contributed by atoms with E-state index >= 15 is 0 Å². The van der Waals surface area contributed by atoms with Crippen LogP contribution in [0.3, 0.4) is 0 Å². The monoisotopic (exact) mass is 333 g/mol. The smallest absolute Gasteiger partial charge is 0.232 e. The lowest BCUT2D eigenvalue weighted by atomic mass is 10.2. The van der Waals surface area contributed by atoms with Crippen molar-refractivity contribution in [3.05, 3.63) is 33.8 Å². The summed E-state index contributed by atoms with van der Waals surface area (Å²) >= 11 is 11.8. The van der Waals surface area contributed by atoms with Crippen molar-refractivity contribution in [2.24, 2.45) is 0 Å². The first-order valence-corrected chi connectivity index (χ1v) is 8.87. The fraction of sp³-hybridized carbons (Fsp3) is 0.500. The summed E-state index contributed by atoms with van der Waals surface area (Å²) in [5.74, 6) is 0.157. The normalized spacial score (nSPS) is 17.1. The Morgan fingerprint density at radius 3 is 2.65 bits per heavy atom. The third kappa shape index (κ3) is 4.76. The number of rotatable bonds is 5. The quantitative estimate of drug-likeness (QED) is 0.898. The molecular formula is C14H17Cl2NO2S. The molecule has 1 unspecified atom stereocenters. The van der Waals surface area contributed by atoms with E-state index in [0.717, 1.165) is 31.2 Å². The van der Waals surface area contributed by atoms with Gasteiger partial charge in [0.2, 0.25) is 5.91 Å². The van der Waals surface area contributed by atoms with Gasteiger partial charge in [0, 0.05) is 26.9 Å². The molecule has 1 fully saturated rings. The molecule has 0 bridgehead atoms. The van der Waals surface area contributed by atoms with E-state index in [9.17, 15) is 9.00 Å². The minimum atomic E-state index is -1.26. The lowest BCUT2D eigenvalue weighted by Gasteiger charge is -2.11. The van der Waals surface area contributed by atoms with Crippen molar-refractivity contribution in [2.45, 2.75) is 37.5 Å². The number of hydrogen-bond donors (Lipinski definition) is 1.